The number of rotatable bonds is 6. The molecule has 8 nitrogen and oxygen atoms in total. The number of anilines is 1. The van der Waals surface area contributed by atoms with Crippen molar-refractivity contribution in [3.8, 4) is 12.1 Å². The first-order valence-corrected chi connectivity index (χ1v) is 14.5. The molecule has 3 unspecified atom stereocenters. The number of carbonyl (C=O) groups excluding carboxylic acids is 1. The number of aromatic nitrogens is 2. The van der Waals surface area contributed by atoms with Gasteiger partial charge in [0, 0.05) is 31.2 Å². The first kappa shape index (κ1) is 26.5. The zero-order chi connectivity index (χ0) is 27.7. The number of fused-ring (bicyclic) bond motifs is 2. The Kier molecular flexibility index (Phi) is 7.33. The quantitative estimate of drug-likeness (QED) is 0.517. The Morgan fingerprint density at radius 3 is 2.90 bits per heavy atom. The minimum Gasteiger partial charge on any atom is -0.462 e. The second kappa shape index (κ2) is 11.1. The number of benzene rings is 1. The number of piperazine rings is 1. The highest BCUT2D eigenvalue weighted by molar-refractivity contribution is 5.87. The highest BCUT2D eigenvalue weighted by atomic mass is 16.5. The minimum absolute atomic E-state index is 0.0360. The van der Waals surface area contributed by atoms with Crippen molar-refractivity contribution in [3.05, 3.63) is 65.4 Å². The van der Waals surface area contributed by atoms with Gasteiger partial charge in [-0.15, -0.1) is 0 Å². The average molecular weight is 539 g/mol. The third-order valence-electron chi connectivity index (χ3n) is 9.30. The Morgan fingerprint density at radius 1 is 1.23 bits per heavy atom. The maximum absolute atomic E-state index is 12.5. The van der Waals surface area contributed by atoms with Gasteiger partial charge in [-0.3, -0.25) is 4.79 Å². The molecule has 2 aliphatic heterocycles. The molecule has 2 aromatic rings. The lowest BCUT2D eigenvalue weighted by molar-refractivity contribution is -0.128. The van der Waals surface area contributed by atoms with Crippen LogP contribution in [0.1, 0.15) is 48.1 Å². The molecular weight excluding hydrogens is 500 g/mol. The van der Waals surface area contributed by atoms with Crippen molar-refractivity contribution in [1.29, 1.82) is 5.26 Å². The van der Waals surface area contributed by atoms with Gasteiger partial charge in [0.1, 0.15) is 12.4 Å². The fraction of sp³-hybridized carbons (Fsp3) is 0.500. The van der Waals surface area contributed by atoms with E-state index in [1.165, 1.54) is 29.2 Å². The van der Waals surface area contributed by atoms with Crippen LogP contribution in [0.3, 0.4) is 0 Å². The van der Waals surface area contributed by atoms with E-state index >= 15 is 0 Å². The molecule has 1 aromatic heterocycles. The van der Waals surface area contributed by atoms with Gasteiger partial charge < -0.3 is 19.4 Å². The summed E-state index contributed by atoms with van der Waals surface area (Å²) >= 11 is 0. The molecule has 0 radical (unpaired) electrons. The van der Waals surface area contributed by atoms with E-state index in [0.29, 0.717) is 38.3 Å². The molecule has 208 valence electrons. The van der Waals surface area contributed by atoms with Gasteiger partial charge in [-0.2, -0.15) is 15.2 Å². The van der Waals surface area contributed by atoms with Crippen molar-refractivity contribution in [3.63, 3.8) is 0 Å². The van der Waals surface area contributed by atoms with Gasteiger partial charge in [-0.05, 0) is 74.7 Å². The van der Waals surface area contributed by atoms with Gasteiger partial charge in [-0.1, -0.05) is 43.0 Å². The molecule has 1 amide bonds. The first-order valence-electron chi connectivity index (χ1n) is 14.5. The summed E-state index contributed by atoms with van der Waals surface area (Å²) < 4.78 is 6.30. The fourth-order valence-electron chi connectivity index (χ4n) is 6.97. The van der Waals surface area contributed by atoms with Gasteiger partial charge in [0.25, 0.3) is 0 Å². The summed E-state index contributed by atoms with van der Waals surface area (Å²) in [7, 11) is 2.15. The van der Waals surface area contributed by atoms with Gasteiger partial charge in [0.15, 0.2) is 0 Å². The van der Waals surface area contributed by atoms with E-state index in [2.05, 4.69) is 65.9 Å². The number of nitrogens with zero attached hydrogens (tertiary/aromatic N) is 6. The molecule has 40 heavy (non-hydrogen) atoms. The number of nitriles is 1. The van der Waals surface area contributed by atoms with Crippen LogP contribution in [0, 0.1) is 16.7 Å². The van der Waals surface area contributed by atoms with Crippen LogP contribution in [0.4, 0.5) is 5.82 Å². The van der Waals surface area contributed by atoms with Gasteiger partial charge in [-0.25, -0.2) is 0 Å². The zero-order valence-electron chi connectivity index (χ0n) is 23.4. The minimum atomic E-state index is -0.209. The lowest BCUT2D eigenvalue weighted by atomic mass is 9.67. The molecule has 1 aromatic carbocycles. The smallest absolute Gasteiger partial charge is 0.318 e. The standard InChI is InChI=1S/C32H38N6O2/c1-3-29(39)38-18-17-37(21-25(38)12-15-33)30-27-11-14-32(13-10-23-7-4-5-8-24(23)19-32)20-28(27)34-31(35-30)40-22-26-9-6-16-36(26)2/h3-5,7-8,10,13,25-26H,1,6,9,11-12,14,16-22H2,2H3. The summed E-state index contributed by atoms with van der Waals surface area (Å²) in [6, 6.07) is 11.5. The predicted molar refractivity (Wildman–Crippen MR) is 155 cm³/mol. The normalized spacial score (nSPS) is 25.8. The van der Waals surface area contributed by atoms with Crippen LogP contribution in [-0.4, -0.2) is 77.6 Å². The van der Waals surface area contributed by atoms with Crippen LogP contribution in [0.5, 0.6) is 6.01 Å². The monoisotopic (exact) mass is 538 g/mol. The zero-order valence-corrected chi connectivity index (χ0v) is 23.4. The third-order valence-corrected chi connectivity index (χ3v) is 9.30. The van der Waals surface area contributed by atoms with Gasteiger partial charge >= 0.3 is 6.01 Å². The van der Waals surface area contributed by atoms with Crippen molar-refractivity contribution in [2.45, 2.75) is 57.0 Å². The number of allylic oxidation sites excluding steroid dienone is 1. The second-order valence-corrected chi connectivity index (χ2v) is 11.8. The van der Waals surface area contributed by atoms with Crippen molar-refractivity contribution in [2.75, 3.05) is 44.7 Å². The SMILES string of the molecule is C=CC(=O)N1CCN(c2nc(OCC3CCCN3C)nc3c2CCC2(C=Cc4ccccc4C2)C3)CC1CC#N. The van der Waals surface area contributed by atoms with Crippen LogP contribution >= 0.6 is 0 Å². The Bertz CT molecular complexity index is 1370. The number of hydrogen-bond acceptors (Lipinski definition) is 7. The summed E-state index contributed by atoms with van der Waals surface area (Å²) in [5, 5.41) is 9.50. The van der Waals surface area contributed by atoms with Crippen molar-refractivity contribution < 1.29 is 9.53 Å². The molecule has 8 heteroatoms. The van der Waals surface area contributed by atoms with E-state index in [-0.39, 0.29) is 23.8 Å². The van der Waals surface area contributed by atoms with Crippen molar-refractivity contribution >= 4 is 17.8 Å². The van der Waals surface area contributed by atoms with Crippen molar-refractivity contribution in [1.82, 2.24) is 19.8 Å². The van der Waals surface area contributed by atoms with E-state index in [1.807, 2.05) is 0 Å². The predicted octanol–water partition coefficient (Wildman–Crippen LogP) is 3.81. The summed E-state index contributed by atoms with van der Waals surface area (Å²) in [4.78, 5) is 28.9. The molecule has 6 rings (SSSR count). The molecule has 2 fully saturated rings. The van der Waals surface area contributed by atoms with E-state index in [0.717, 1.165) is 50.2 Å². The summed E-state index contributed by atoms with van der Waals surface area (Å²) in [5.41, 5.74) is 4.99. The molecule has 0 saturated carbocycles. The Morgan fingerprint density at radius 2 is 2.10 bits per heavy atom. The summed E-state index contributed by atoms with van der Waals surface area (Å²) in [5.74, 6) is 0.782. The maximum atomic E-state index is 12.5. The Hall–Kier alpha value is -3.70. The number of amides is 1. The molecular formula is C32H38N6O2. The van der Waals surface area contributed by atoms with Gasteiger partial charge in [0.05, 0.1) is 24.2 Å². The van der Waals surface area contributed by atoms with E-state index in [4.69, 9.17) is 14.7 Å². The maximum Gasteiger partial charge on any atom is 0.318 e. The van der Waals surface area contributed by atoms with Gasteiger partial charge in [0.2, 0.25) is 5.91 Å². The molecule has 4 aliphatic rings. The first-order chi connectivity index (χ1) is 19.5. The molecule has 3 atom stereocenters. The largest absolute Gasteiger partial charge is 0.462 e. The fourth-order valence-corrected chi connectivity index (χ4v) is 6.97. The highest BCUT2D eigenvalue weighted by Crippen LogP contribution is 2.45. The molecule has 3 heterocycles. The molecule has 2 aliphatic carbocycles. The lowest BCUT2D eigenvalue weighted by Crippen LogP contribution is -2.55. The Balaban J connectivity index is 1.31. The van der Waals surface area contributed by atoms with Crippen LogP contribution < -0.4 is 9.64 Å². The van der Waals surface area contributed by atoms with E-state index in [9.17, 15) is 10.1 Å². The second-order valence-electron chi connectivity index (χ2n) is 11.8. The van der Waals surface area contributed by atoms with Crippen molar-refractivity contribution in [2.24, 2.45) is 5.41 Å². The van der Waals surface area contributed by atoms with Crippen LogP contribution in [0.25, 0.3) is 6.08 Å². The third kappa shape index (κ3) is 5.11. The molecule has 0 bridgehead atoms. The number of carbonyl (C=O) groups is 1. The van der Waals surface area contributed by atoms with Crippen LogP contribution in [0.2, 0.25) is 0 Å². The summed E-state index contributed by atoms with van der Waals surface area (Å²) in [6.07, 6.45) is 12.4. The van der Waals surface area contributed by atoms with E-state index < -0.39 is 0 Å². The molecule has 2 saturated heterocycles. The van der Waals surface area contributed by atoms with E-state index in [1.54, 1.807) is 4.90 Å². The topological polar surface area (TPSA) is 85.6 Å². The number of hydrogen-bond donors (Lipinski definition) is 0. The number of ether oxygens (including phenoxy) is 1. The average Bonchev–Trinajstić information content (AvgIpc) is 3.39. The number of likely N-dealkylation sites (tertiary alicyclic amines) is 1. The molecule has 1 spiro atoms. The molecule has 0 N–H and O–H groups in total. The number of likely N-dealkylation sites (N-methyl/N-ethyl adjacent to an activating group) is 1. The summed E-state index contributed by atoms with van der Waals surface area (Å²) in [6.45, 7) is 7.06. The van der Waals surface area contributed by atoms with Crippen LogP contribution in [-0.2, 0) is 24.1 Å². The highest BCUT2D eigenvalue weighted by Gasteiger charge is 2.39. The lowest BCUT2D eigenvalue weighted by Gasteiger charge is -2.43. The van der Waals surface area contributed by atoms with Crippen LogP contribution in [0.15, 0.2) is 43.0 Å². The Labute approximate surface area is 237 Å².